The third-order valence-corrected chi connectivity index (χ3v) is 3.74. The molecular formula is C19H21ClN4O4. The Bertz CT molecular complexity index is 886. The van der Waals surface area contributed by atoms with Gasteiger partial charge >= 0.3 is 6.03 Å². The van der Waals surface area contributed by atoms with Gasteiger partial charge < -0.3 is 15.4 Å². The lowest BCUT2D eigenvalue weighted by Gasteiger charge is -2.12. The third-order valence-electron chi connectivity index (χ3n) is 3.50. The zero-order valence-electron chi connectivity index (χ0n) is 15.6. The number of anilines is 1. The van der Waals surface area contributed by atoms with Crippen molar-refractivity contribution in [3.63, 3.8) is 0 Å². The van der Waals surface area contributed by atoms with Gasteiger partial charge in [0.1, 0.15) is 5.75 Å². The predicted octanol–water partition coefficient (Wildman–Crippen LogP) is 2.95. The van der Waals surface area contributed by atoms with Crippen LogP contribution in [0.2, 0.25) is 5.02 Å². The monoisotopic (exact) mass is 404 g/mol. The minimum Gasteiger partial charge on any atom is -0.496 e. The van der Waals surface area contributed by atoms with Crippen LogP contribution in [-0.2, 0) is 0 Å². The standard InChI is InChI=1S/C19H21ClN4O4/c1-11(2)21-19(27)22-14-6-4-5-12(9-14)17(25)23-24-18(26)15-8-7-13(20)10-16(15)28-3/h4-11H,1-3H3,(H,23,25)(H,24,26)(H2,21,22,27). The van der Waals surface area contributed by atoms with Crippen molar-refractivity contribution in [2.45, 2.75) is 19.9 Å². The van der Waals surface area contributed by atoms with E-state index in [1.165, 1.54) is 31.4 Å². The molecule has 0 saturated heterocycles. The van der Waals surface area contributed by atoms with Gasteiger partial charge in [0.2, 0.25) is 0 Å². The maximum absolute atomic E-state index is 12.3. The van der Waals surface area contributed by atoms with Crippen molar-refractivity contribution in [3.8, 4) is 5.75 Å². The summed E-state index contributed by atoms with van der Waals surface area (Å²) in [7, 11) is 1.41. The average Bonchev–Trinajstić information content (AvgIpc) is 2.65. The first-order valence-electron chi connectivity index (χ1n) is 8.42. The summed E-state index contributed by atoms with van der Waals surface area (Å²) >= 11 is 5.87. The number of hydrogen-bond acceptors (Lipinski definition) is 4. The number of urea groups is 1. The van der Waals surface area contributed by atoms with E-state index in [0.29, 0.717) is 10.7 Å². The quantitative estimate of drug-likeness (QED) is 0.574. The van der Waals surface area contributed by atoms with Crippen molar-refractivity contribution in [1.82, 2.24) is 16.2 Å². The van der Waals surface area contributed by atoms with E-state index in [9.17, 15) is 14.4 Å². The summed E-state index contributed by atoms with van der Waals surface area (Å²) in [5.74, 6) is -0.830. The Morgan fingerprint density at radius 1 is 1.00 bits per heavy atom. The zero-order valence-corrected chi connectivity index (χ0v) is 16.4. The number of benzene rings is 2. The van der Waals surface area contributed by atoms with Crippen LogP contribution >= 0.6 is 11.6 Å². The smallest absolute Gasteiger partial charge is 0.319 e. The van der Waals surface area contributed by atoms with Gasteiger partial charge in [0.15, 0.2) is 0 Å². The van der Waals surface area contributed by atoms with Gasteiger partial charge in [0.25, 0.3) is 11.8 Å². The fourth-order valence-electron chi connectivity index (χ4n) is 2.27. The number of amides is 4. The fourth-order valence-corrected chi connectivity index (χ4v) is 2.44. The van der Waals surface area contributed by atoms with Gasteiger partial charge in [-0.25, -0.2) is 4.79 Å². The van der Waals surface area contributed by atoms with Crippen molar-refractivity contribution >= 4 is 35.1 Å². The minimum absolute atomic E-state index is 0.0217. The number of rotatable bonds is 5. The summed E-state index contributed by atoms with van der Waals surface area (Å²) in [6, 6.07) is 10.4. The number of hydrazine groups is 1. The molecule has 0 atom stereocenters. The molecule has 0 fully saturated rings. The highest BCUT2D eigenvalue weighted by molar-refractivity contribution is 6.30. The maximum atomic E-state index is 12.3. The summed E-state index contributed by atoms with van der Waals surface area (Å²) in [5, 5.41) is 5.74. The molecule has 0 spiro atoms. The first-order chi connectivity index (χ1) is 13.3. The van der Waals surface area contributed by atoms with E-state index in [1.807, 2.05) is 13.8 Å². The molecule has 0 aliphatic rings. The third kappa shape index (κ3) is 5.88. The number of carbonyl (C=O) groups excluding carboxylic acids is 3. The van der Waals surface area contributed by atoms with E-state index >= 15 is 0 Å². The van der Waals surface area contributed by atoms with Crippen molar-refractivity contribution < 1.29 is 19.1 Å². The summed E-state index contributed by atoms with van der Waals surface area (Å²) in [5.41, 5.74) is 5.55. The van der Waals surface area contributed by atoms with Crippen LogP contribution in [0.4, 0.5) is 10.5 Å². The molecule has 28 heavy (non-hydrogen) atoms. The molecule has 4 amide bonds. The molecule has 8 nitrogen and oxygen atoms in total. The molecule has 0 saturated carbocycles. The van der Waals surface area contributed by atoms with Crippen LogP contribution in [0.3, 0.4) is 0 Å². The molecule has 2 aromatic rings. The lowest BCUT2D eigenvalue weighted by molar-refractivity contribution is 0.0845. The second-order valence-corrected chi connectivity index (χ2v) is 6.52. The molecule has 148 valence electrons. The topological polar surface area (TPSA) is 109 Å². The normalized spacial score (nSPS) is 10.2. The molecule has 4 N–H and O–H groups in total. The van der Waals surface area contributed by atoms with Gasteiger partial charge in [-0.1, -0.05) is 17.7 Å². The van der Waals surface area contributed by atoms with Crippen molar-refractivity contribution in [2.75, 3.05) is 12.4 Å². The second-order valence-electron chi connectivity index (χ2n) is 6.09. The van der Waals surface area contributed by atoms with Gasteiger partial charge in [0, 0.05) is 22.3 Å². The fraction of sp³-hybridized carbons (Fsp3) is 0.211. The predicted molar refractivity (Wildman–Crippen MR) is 107 cm³/mol. The van der Waals surface area contributed by atoms with Crippen LogP contribution in [0.5, 0.6) is 5.75 Å². The summed E-state index contributed by atoms with van der Waals surface area (Å²) in [4.78, 5) is 36.3. The highest BCUT2D eigenvalue weighted by atomic mass is 35.5. The van der Waals surface area contributed by atoms with Crippen LogP contribution in [0.15, 0.2) is 42.5 Å². The van der Waals surface area contributed by atoms with Crippen LogP contribution < -0.4 is 26.2 Å². The Morgan fingerprint density at radius 3 is 2.39 bits per heavy atom. The van der Waals surface area contributed by atoms with Crippen LogP contribution in [0.1, 0.15) is 34.6 Å². The average molecular weight is 405 g/mol. The largest absolute Gasteiger partial charge is 0.496 e. The molecular weight excluding hydrogens is 384 g/mol. The second kappa shape index (κ2) is 9.61. The Hall–Kier alpha value is -3.26. The van der Waals surface area contributed by atoms with Crippen LogP contribution in [-0.4, -0.2) is 31.0 Å². The molecule has 0 bridgehead atoms. The lowest BCUT2D eigenvalue weighted by atomic mass is 10.2. The molecule has 0 aromatic heterocycles. The van der Waals surface area contributed by atoms with E-state index < -0.39 is 11.8 Å². The van der Waals surface area contributed by atoms with Gasteiger partial charge in [-0.05, 0) is 50.2 Å². The lowest BCUT2D eigenvalue weighted by Crippen LogP contribution is -2.41. The zero-order chi connectivity index (χ0) is 20.7. The molecule has 0 aliphatic heterocycles. The van der Waals surface area contributed by atoms with Gasteiger partial charge in [-0.15, -0.1) is 0 Å². The number of methoxy groups -OCH3 is 1. The number of halogens is 1. The highest BCUT2D eigenvalue weighted by Gasteiger charge is 2.14. The Kier molecular flexibility index (Phi) is 7.22. The first-order valence-corrected chi connectivity index (χ1v) is 8.79. The van der Waals surface area contributed by atoms with E-state index in [0.717, 1.165) is 0 Å². The Morgan fingerprint density at radius 2 is 1.71 bits per heavy atom. The van der Waals surface area contributed by atoms with E-state index in [4.69, 9.17) is 16.3 Å². The van der Waals surface area contributed by atoms with Gasteiger partial charge in [0.05, 0.1) is 12.7 Å². The summed E-state index contributed by atoms with van der Waals surface area (Å²) < 4.78 is 5.11. The molecule has 2 rings (SSSR count). The van der Waals surface area contributed by atoms with Crippen molar-refractivity contribution in [2.24, 2.45) is 0 Å². The number of nitrogens with one attached hydrogen (secondary N) is 4. The molecule has 0 heterocycles. The van der Waals surface area contributed by atoms with Gasteiger partial charge in [-0.2, -0.15) is 0 Å². The highest BCUT2D eigenvalue weighted by Crippen LogP contribution is 2.22. The first kappa shape index (κ1) is 21.0. The number of ether oxygens (including phenoxy) is 1. The number of carbonyl (C=O) groups is 3. The number of hydrogen-bond donors (Lipinski definition) is 4. The molecule has 0 radical (unpaired) electrons. The van der Waals surface area contributed by atoms with Crippen LogP contribution in [0.25, 0.3) is 0 Å². The Labute approximate surface area is 167 Å². The Balaban J connectivity index is 2.00. The summed E-state index contributed by atoms with van der Waals surface area (Å²) in [6.45, 7) is 3.67. The molecule has 0 unspecified atom stereocenters. The maximum Gasteiger partial charge on any atom is 0.319 e. The van der Waals surface area contributed by atoms with E-state index in [-0.39, 0.29) is 28.9 Å². The van der Waals surface area contributed by atoms with E-state index in [2.05, 4.69) is 21.5 Å². The SMILES string of the molecule is COc1cc(Cl)ccc1C(=O)NNC(=O)c1cccc(NC(=O)NC(C)C)c1. The van der Waals surface area contributed by atoms with Gasteiger partial charge in [-0.3, -0.25) is 20.4 Å². The summed E-state index contributed by atoms with van der Waals surface area (Å²) in [6.07, 6.45) is 0. The van der Waals surface area contributed by atoms with Crippen LogP contribution in [0, 0.1) is 0 Å². The van der Waals surface area contributed by atoms with Crippen molar-refractivity contribution in [3.05, 3.63) is 58.6 Å². The van der Waals surface area contributed by atoms with E-state index in [1.54, 1.807) is 18.2 Å². The minimum atomic E-state index is -0.563. The molecule has 2 aromatic carbocycles. The molecule has 9 heteroatoms. The molecule has 0 aliphatic carbocycles. The van der Waals surface area contributed by atoms with Crippen molar-refractivity contribution in [1.29, 1.82) is 0 Å².